The zero-order valence-electron chi connectivity index (χ0n) is 15.1. The fourth-order valence-corrected chi connectivity index (χ4v) is 1.98. The van der Waals surface area contributed by atoms with Crippen LogP contribution < -0.4 is 10.7 Å². The minimum absolute atomic E-state index is 0.160. The summed E-state index contributed by atoms with van der Waals surface area (Å²) in [6.07, 6.45) is 1.57. The molecule has 0 saturated carbocycles. The zero-order chi connectivity index (χ0) is 18.6. The van der Waals surface area contributed by atoms with Gasteiger partial charge in [0.1, 0.15) is 5.69 Å². The van der Waals surface area contributed by atoms with Gasteiger partial charge in [-0.3, -0.25) is 14.3 Å². The highest BCUT2D eigenvalue weighted by atomic mass is 16.2. The van der Waals surface area contributed by atoms with Crippen molar-refractivity contribution in [2.75, 3.05) is 5.32 Å². The van der Waals surface area contributed by atoms with Crippen LogP contribution in [0.1, 0.15) is 43.7 Å². The van der Waals surface area contributed by atoms with Gasteiger partial charge in [-0.1, -0.05) is 32.9 Å². The number of nitrogens with zero attached hydrogens (tertiary/aromatic N) is 3. The van der Waals surface area contributed by atoms with Gasteiger partial charge in [0.05, 0.1) is 5.71 Å². The Morgan fingerprint density at radius 2 is 1.92 bits per heavy atom. The predicted octanol–water partition coefficient (Wildman–Crippen LogP) is 2.56. The highest BCUT2D eigenvalue weighted by Gasteiger charge is 2.20. The molecule has 7 heteroatoms. The maximum atomic E-state index is 12.2. The van der Waals surface area contributed by atoms with Crippen molar-refractivity contribution in [2.24, 2.45) is 17.6 Å². The third-order valence-corrected chi connectivity index (χ3v) is 3.60. The number of hydrogen-bond acceptors (Lipinski definition) is 4. The second-order valence-corrected chi connectivity index (χ2v) is 6.76. The molecule has 0 spiro atoms. The largest absolute Gasteiger partial charge is 0.321 e. The number of hydrogen-bond donors (Lipinski definition) is 2. The summed E-state index contributed by atoms with van der Waals surface area (Å²) >= 11 is 0. The summed E-state index contributed by atoms with van der Waals surface area (Å²) in [5.74, 6) is -0.403. The molecule has 1 aromatic heterocycles. The smallest absolute Gasteiger partial charge is 0.273 e. The average molecular weight is 341 g/mol. The Kier molecular flexibility index (Phi) is 5.36. The van der Waals surface area contributed by atoms with E-state index in [0.717, 1.165) is 5.56 Å². The van der Waals surface area contributed by atoms with Gasteiger partial charge in [0.2, 0.25) is 5.91 Å². The predicted molar refractivity (Wildman–Crippen MR) is 97.4 cm³/mol. The van der Waals surface area contributed by atoms with Crippen molar-refractivity contribution in [3.63, 3.8) is 0 Å². The monoisotopic (exact) mass is 341 g/mol. The average Bonchev–Trinajstić information content (AvgIpc) is 2.97. The number of nitrogens with one attached hydrogen (secondary N) is 2. The first kappa shape index (κ1) is 18.4. The highest BCUT2D eigenvalue weighted by Crippen LogP contribution is 2.14. The van der Waals surface area contributed by atoms with Crippen LogP contribution in [0, 0.1) is 5.41 Å². The van der Waals surface area contributed by atoms with E-state index in [4.69, 9.17) is 0 Å². The van der Waals surface area contributed by atoms with Gasteiger partial charge in [-0.25, -0.2) is 5.43 Å². The van der Waals surface area contributed by atoms with Crippen molar-refractivity contribution in [1.82, 2.24) is 15.2 Å². The molecule has 0 fully saturated rings. The molecule has 0 atom stereocenters. The van der Waals surface area contributed by atoms with Crippen LogP contribution in [-0.4, -0.2) is 27.3 Å². The Hall–Kier alpha value is -2.96. The summed E-state index contributed by atoms with van der Waals surface area (Å²) in [5.41, 5.74) is 4.61. The van der Waals surface area contributed by atoms with Crippen molar-refractivity contribution in [3.05, 3.63) is 47.8 Å². The molecule has 2 aromatic rings. The Labute approximate surface area is 147 Å². The second kappa shape index (κ2) is 7.29. The molecule has 2 rings (SSSR count). The number of aromatic nitrogens is 2. The molecule has 2 amide bonds. The fourth-order valence-electron chi connectivity index (χ4n) is 1.98. The number of aryl methyl sites for hydroxylation is 1. The van der Waals surface area contributed by atoms with Gasteiger partial charge < -0.3 is 5.32 Å². The summed E-state index contributed by atoms with van der Waals surface area (Å²) in [7, 11) is 1.71. The summed E-state index contributed by atoms with van der Waals surface area (Å²) in [6.45, 7) is 7.26. The summed E-state index contributed by atoms with van der Waals surface area (Å²) in [5, 5.41) is 10.9. The molecule has 0 aliphatic heterocycles. The van der Waals surface area contributed by atoms with Crippen molar-refractivity contribution in [1.29, 1.82) is 0 Å². The topological polar surface area (TPSA) is 88.4 Å². The van der Waals surface area contributed by atoms with Crippen molar-refractivity contribution in [2.45, 2.75) is 27.7 Å². The summed E-state index contributed by atoms with van der Waals surface area (Å²) < 4.78 is 1.51. The van der Waals surface area contributed by atoms with E-state index in [9.17, 15) is 9.59 Å². The van der Waals surface area contributed by atoms with Crippen molar-refractivity contribution >= 4 is 23.2 Å². The summed E-state index contributed by atoms with van der Waals surface area (Å²) in [6, 6.07) is 8.92. The molecule has 1 heterocycles. The number of hydrazone groups is 1. The minimum Gasteiger partial charge on any atom is -0.321 e. The molecule has 1 aromatic carbocycles. The van der Waals surface area contributed by atoms with Gasteiger partial charge in [0.15, 0.2) is 0 Å². The molecule has 2 N–H and O–H groups in total. The first-order chi connectivity index (χ1) is 11.7. The third kappa shape index (κ3) is 4.76. The lowest BCUT2D eigenvalue weighted by Crippen LogP contribution is -2.32. The van der Waals surface area contributed by atoms with Crippen molar-refractivity contribution in [3.8, 4) is 0 Å². The molecule has 7 nitrogen and oxygen atoms in total. The number of rotatable bonds is 4. The van der Waals surface area contributed by atoms with E-state index in [1.54, 1.807) is 38.4 Å². The molecule has 0 saturated heterocycles. The zero-order valence-corrected chi connectivity index (χ0v) is 15.1. The SMILES string of the molecule is C/C(=N/NC(=O)C(C)(C)C)c1cccc(NC(=O)c2ccnn2C)c1. The molecule has 25 heavy (non-hydrogen) atoms. The number of anilines is 1. The fraction of sp³-hybridized carbons (Fsp3) is 0.333. The quantitative estimate of drug-likeness (QED) is 0.662. The van der Waals surface area contributed by atoms with E-state index in [2.05, 4.69) is 20.9 Å². The lowest BCUT2D eigenvalue weighted by Gasteiger charge is -2.15. The standard InChI is InChI=1S/C18H23N5O2/c1-12(21-22-17(25)18(2,3)4)13-7-6-8-14(11-13)20-16(24)15-9-10-19-23(15)5/h6-11H,1-5H3,(H,20,24)(H,22,25)/b21-12-. The van der Waals surface area contributed by atoms with Gasteiger partial charge in [0, 0.05) is 24.3 Å². The number of benzene rings is 1. The van der Waals surface area contributed by atoms with E-state index in [-0.39, 0.29) is 11.8 Å². The Morgan fingerprint density at radius 3 is 2.52 bits per heavy atom. The number of amides is 2. The Morgan fingerprint density at radius 1 is 1.20 bits per heavy atom. The van der Waals surface area contributed by atoms with Crippen LogP contribution in [0.4, 0.5) is 5.69 Å². The first-order valence-electron chi connectivity index (χ1n) is 7.93. The molecular weight excluding hydrogens is 318 g/mol. The van der Waals surface area contributed by atoms with E-state index in [1.165, 1.54) is 4.68 Å². The lowest BCUT2D eigenvalue weighted by atomic mass is 9.96. The maximum Gasteiger partial charge on any atom is 0.273 e. The van der Waals surface area contributed by atoms with Crippen molar-refractivity contribution < 1.29 is 9.59 Å². The van der Waals surface area contributed by atoms with Crippen LogP contribution in [0.2, 0.25) is 0 Å². The van der Waals surface area contributed by atoms with Crippen LogP contribution >= 0.6 is 0 Å². The lowest BCUT2D eigenvalue weighted by molar-refractivity contribution is -0.128. The summed E-state index contributed by atoms with van der Waals surface area (Å²) in [4.78, 5) is 24.1. The van der Waals surface area contributed by atoms with Gasteiger partial charge in [-0.15, -0.1) is 0 Å². The molecular formula is C18H23N5O2. The Bertz CT molecular complexity index is 815. The molecule has 0 radical (unpaired) electrons. The van der Waals surface area contributed by atoms with Crippen LogP contribution in [0.15, 0.2) is 41.6 Å². The number of carbonyl (C=O) groups excluding carboxylic acids is 2. The van der Waals surface area contributed by atoms with E-state index in [1.807, 2.05) is 32.9 Å². The van der Waals surface area contributed by atoms with Gasteiger partial charge >= 0.3 is 0 Å². The van der Waals surface area contributed by atoms with Gasteiger partial charge in [0.25, 0.3) is 5.91 Å². The van der Waals surface area contributed by atoms with Crippen LogP contribution in [0.5, 0.6) is 0 Å². The molecule has 132 valence electrons. The molecule has 0 aliphatic carbocycles. The van der Waals surface area contributed by atoms with Crippen LogP contribution in [0.3, 0.4) is 0 Å². The van der Waals surface area contributed by atoms with E-state index >= 15 is 0 Å². The Balaban J connectivity index is 2.11. The van der Waals surface area contributed by atoms with Gasteiger partial charge in [-0.2, -0.15) is 10.2 Å². The molecule has 0 bridgehead atoms. The molecule has 0 unspecified atom stereocenters. The highest BCUT2D eigenvalue weighted by molar-refractivity contribution is 6.04. The minimum atomic E-state index is -0.511. The van der Waals surface area contributed by atoms with Crippen LogP contribution in [-0.2, 0) is 11.8 Å². The van der Waals surface area contributed by atoms with Crippen LogP contribution in [0.25, 0.3) is 0 Å². The maximum absolute atomic E-state index is 12.2. The van der Waals surface area contributed by atoms with E-state index < -0.39 is 5.41 Å². The first-order valence-corrected chi connectivity index (χ1v) is 7.93. The van der Waals surface area contributed by atoms with E-state index in [0.29, 0.717) is 17.1 Å². The number of carbonyl (C=O) groups is 2. The van der Waals surface area contributed by atoms with Gasteiger partial charge in [-0.05, 0) is 30.7 Å². The third-order valence-electron chi connectivity index (χ3n) is 3.60. The molecule has 0 aliphatic rings. The normalized spacial score (nSPS) is 12.0. The second-order valence-electron chi connectivity index (χ2n) is 6.76.